The number of nitrogens with zero attached hydrogens (tertiary/aromatic N) is 5. The molecule has 0 amide bonds. The summed E-state index contributed by atoms with van der Waals surface area (Å²) in [7, 11) is 0. The molecule has 0 spiro atoms. The van der Waals surface area contributed by atoms with E-state index in [0.717, 1.165) is 31.0 Å². The van der Waals surface area contributed by atoms with Crippen molar-refractivity contribution in [2.45, 2.75) is 6.04 Å². The lowest BCUT2D eigenvalue weighted by Gasteiger charge is -2.35. The topological polar surface area (TPSA) is 99.3 Å². The molecule has 1 aliphatic rings. The van der Waals surface area contributed by atoms with Gasteiger partial charge in [-0.2, -0.15) is 15.3 Å². The molecule has 1 saturated heterocycles. The first-order chi connectivity index (χ1) is 13.3. The molecule has 3 aromatic rings. The van der Waals surface area contributed by atoms with Crippen LogP contribution in [0.1, 0.15) is 11.7 Å². The van der Waals surface area contributed by atoms with E-state index in [1.807, 2.05) is 36.5 Å². The van der Waals surface area contributed by atoms with E-state index in [9.17, 15) is 10.2 Å². The Bertz CT molecular complexity index is 880. The monoisotopic (exact) mass is 366 g/mol. The van der Waals surface area contributed by atoms with E-state index in [1.165, 1.54) is 0 Å². The molecule has 0 radical (unpaired) electrons. The number of hydrogen-bond donors (Lipinski definition) is 3. The molecular formula is C19H22N6O2. The van der Waals surface area contributed by atoms with Crippen molar-refractivity contribution in [2.24, 2.45) is 0 Å². The summed E-state index contributed by atoms with van der Waals surface area (Å²) in [5.74, 6) is 0.131. The first-order valence-corrected chi connectivity index (χ1v) is 8.99. The number of phenolic OH excluding ortho intramolecular Hbond substituents is 1. The van der Waals surface area contributed by atoms with E-state index in [2.05, 4.69) is 25.5 Å². The average Bonchev–Trinajstić information content (AvgIpc) is 3.24. The van der Waals surface area contributed by atoms with E-state index in [0.29, 0.717) is 17.8 Å². The second-order valence-corrected chi connectivity index (χ2v) is 6.48. The van der Waals surface area contributed by atoms with Crippen LogP contribution < -0.4 is 5.32 Å². The Morgan fingerprint density at radius 2 is 2.11 bits per heavy atom. The SMILES string of the molecule is OCCN1CCNCC1c1ccc(-c2ccc(-n3cccn3)cc2O)nn1. The molecule has 1 unspecified atom stereocenters. The lowest BCUT2D eigenvalue weighted by Crippen LogP contribution is -2.47. The molecule has 0 saturated carbocycles. The van der Waals surface area contributed by atoms with Crippen LogP contribution in [0.15, 0.2) is 48.8 Å². The number of β-amino-alcohol motifs (C(OH)–C–C–N with tert-alkyl or cyclic N) is 1. The number of hydrogen-bond acceptors (Lipinski definition) is 7. The van der Waals surface area contributed by atoms with Gasteiger partial charge in [0.15, 0.2) is 0 Å². The van der Waals surface area contributed by atoms with Gasteiger partial charge in [0.25, 0.3) is 0 Å². The summed E-state index contributed by atoms with van der Waals surface area (Å²) in [6.07, 6.45) is 3.51. The van der Waals surface area contributed by atoms with Crippen LogP contribution >= 0.6 is 0 Å². The Morgan fingerprint density at radius 3 is 2.81 bits per heavy atom. The Hall–Kier alpha value is -2.81. The minimum Gasteiger partial charge on any atom is -0.507 e. The van der Waals surface area contributed by atoms with Gasteiger partial charge in [-0.3, -0.25) is 4.90 Å². The largest absolute Gasteiger partial charge is 0.507 e. The molecule has 3 heterocycles. The van der Waals surface area contributed by atoms with Crippen LogP contribution in [0.3, 0.4) is 0 Å². The van der Waals surface area contributed by atoms with E-state index in [-0.39, 0.29) is 18.4 Å². The second-order valence-electron chi connectivity index (χ2n) is 6.48. The van der Waals surface area contributed by atoms with Crippen LogP contribution in [0.5, 0.6) is 5.75 Å². The number of aliphatic hydroxyl groups excluding tert-OH is 1. The molecule has 8 nitrogen and oxygen atoms in total. The first kappa shape index (κ1) is 17.6. The number of phenols is 1. The maximum Gasteiger partial charge on any atom is 0.127 e. The third kappa shape index (κ3) is 3.68. The Morgan fingerprint density at radius 1 is 1.19 bits per heavy atom. The van der Waals surface area contributed by atoms with E-state index in [1.54, 1.807) is 16.9 Å². The third-order valence-electron chi connectivity index (χ3n) is 4.79. The van der Waals surface area contributed by atoms with Gasteiger partial charge >= 0.3 is 0 Å². The van der Waals surface area contributed by atoms with Gasteiger partial charge < -0.3 is 15.5 Å². The molecule has 140 valence electrons. The molecule has 1 atom stereocenters. The van der Waals surface area contributed by atoms with Crippen molar-refractivity contribution in [3.05, 3.63) is 54.5 Å². The van der Waals surface area contributed by atoms with Gasteiger partial charge in [0.1, 0.15) is 5.75 Å². The maximum atomic E-state index is 10.4. The maximum absolute atomic E-state index is 10.4. The van der Waals surface area contributed by atoms with Gasteiger partial charge in [0.2, 0.25) is 0 Å². The molecule has 27 heavy (non-hydrogen) atoms. The highest BCUT2D eigenvalue weighted by Crippen LogP contribution is 2.30. The number of benzene rings is 1. The Balaban J connectivity index is 1.57. The van der Waals surface area contributed by atoms with Crippen LogP contribution in [0.2, 0.25) is 0 Å². The smallest absolute Gasteiger partial charge is 0.127 e. The van der Waals surface area contributed by atoms with Crippen LogP contribution in [-0.2, 0) is 0 Å². The molecule has 1 aliphatic heterocycles. The van der Waals surface area contributed by atoms with Gasteiger partial charge in [-0.1, -0.05) is 0 Å². The molecule has 4 rings (SSSR count). The summed E-state index contributed by atoms with van der Waals surface area (Å²) < 4.78 is 1.68. The predicted molar refractivity (Wildman–Crippen MR) is 101 cm³/mol. The fraction of sp³-hybridized carbons (Fsp3) is 0.316. The minimum absolute atomic E-state index is 0.0863. The summed E-state index contributed by atoms with van der Waals surface area (Å²) in [5.41, 5.74) is 2.87. The number of aromatic nitrogens is 4. The van der Waals surface area contributed by atoms with Crippen LogP contribution in [0.4, 0.5) is 0 Å². The molecule has 1 fully saturated rings. The highest BCUT2D eigenvalue weighted by molar-refractivity contribution is 5.68. The van der Waals surface area contributed by atoms with Crippen LogP contribution in [0, 0.1) is 0 Å². The van der Waals surface area contributed by atoms with Crippen molar-refractivity contribution < 1.29 is 10.2 Å². The molecule has 0 bridgehead atoms. The summed E-state index contributed by atoms with van der Waals surface area (Å²) in [6, 6.07) is 11.1. The van der Waals surface area contributed by atoms with Gasteiger partial charge in [-0.05, 0) is 30.3 Å². The average molecular weight is 366 g/mol. The fourth-order valence-electron chi connectivity index (χ4n) is 3.40. The van der Waals surface area contributed by atoms with E-state index < -0.39 is 0 Å². The number of rotatable bonds is 5. The molecule has 8 heteroatoms. The van der Waals surface area contributed by atoms with Gasteiger partial charge in [-0.25, -0.2) is 4.68 Å². The van der Waals surface area contributed by atoms with Crippen molar-refractivity contribution in [1.82, 2.24) is 30.2 Å². The zero-order valence-electron chi connectivity index (χ0n) is 14.9. The molecular weight excluding hydrogens is 344 g/mol. The summed E-state index contributed by atoms with van der Waals surface area (Å²) in [6.45, 7) is 3.28. The van der Waals surface area contributed by atoms with E-state index in [4.69, 9.17) is 0 Å². The Labute approximate surface area is 157 Å². The minimum atomic E-state index is 0.0863. The first-order valence-electron chi connectivity index (χ1n) is 8.99. The van der Waals surface area contributed by atoms with Crippen molar-refractivity contribution in [1.29, 1.82) is 0 Å². The van der Waals surface area contributed by atoms with Crippen molar-refractivity contribution >= 4 is 0 Å². The third-order valence-corrected chi connectivity index (χ3v) is 4.79. The predicted octanol–water partition coefficient (Wildman–Crippen LogP) is 0.973. The van der Waals surface area contributed by atoms with Gasteiger partial charge in [0, 0.05) is 50.2 Å². The number of aromatic hydroxyl groups is 1. The van der Waals surface area contributed by atoms with Crippen molar-refractivity contribution in [3.63, 3.8) is 0 Å². The lowest BCUT2D eigenvalue weighted by molar-refractivity contribution is 0.124. The highest BCUT2D eigenvalue weighted by atomic mass is 16.3. The van der Waals surface area contributed by atoms with Crippen molar-refractivity contribution in [2.75, 3.05) is 32.8 Å². The Kier molecular flexibility index (Phi) is 5.10. The number of aliphatic hydroxyl groups is 1. The number of piperazine rings is 1. The number of nitrogens with one attached hydrogen (secondary N) is 1. The molecule has 0 aliphatic carbocycles. The normalized spacial score (nSPS) is 17.9. The summed E-state index contributed by atoms with van der Waals surface area (Å²) in [5, 5.41) is 35.9. The zero-order valence-corrected chi connectivity index (χ0v) is 14.9. The zero-order chi connectivity index (χ0) is 18.6. The second kappa shape index (κ2) is 7.83. The van der Waals surface area contributed by atoms with Crippen LogP contribution in [-0.4, -0.2) is 67.9 Å². The van der Waals surface area contributed by atoms with Gasteiger partial charge in [0.05, 0.1) is 29.7 Å². The summed E-state index contributed by atoms with van der Waals surface area (Å²) in [4.78, 5) is 2.20. The molecule has 2 aromatic heterocycles. The highest BCUT2D eigenvalue weighted by Gasteiger charge is 2.24. The van der Waals surface area contributed by atoms with E-state index >= 15 is 0 Å². The molecule has 1 aromatic carbocycles. The quantitative estimate of drug-likeness (QED) is 0.619. The molecule has 3 N–H and O–H groups in total. The van der Waals surface area contributed by atoms with Crippen molar-refractivity contribution in [3.8, 4) is 22.7 Å². The van der Waals surface area contributed by atoms with Gasteiger partial charge in [-0.15, -0.1) is 0 Å². The summed E-state index contributed by atoms with van der Waals surface area (Å²) >= 11 is 0. The van der Waals surface area contributed by atoms with Crippen LogP contribution in [0.25, 0.3) is 16.9 Å². The fourth-order valence-corrected chi connectivity index (χ4v) is 3.40. The standard InChI is InChI=1S/C19H22N6O2/c26-11-10-24-9-7-20-13-18(24)17-5-4-16(22-23-17)15-3-2-14(12-19(15)27)25-8-1-6-21-25/h1-6,8,12,18,20,26-27H,7,9-11,13H2. The lowest BCUT2D eigenvalue weighted by atomic mass is 10.1.